The second kappa shape index (κ2) is 7.13. The van der Waals surface area contributed by atoms with Gasteiger partial charge in [-0.2, -0.15) is 0 Å². The molecule has 19 heavy (non-hydrogen) atoms. The predicted molar refractivity (Wildman–Crippen MR) is 78.3 cm³/mol. The van der Waals surface area contributed by atoms with E-state index in [0.717, 1.165) is 4.47 Å². The number of benzene rings is 1. The molecule has 1 aromatic carbocycles. The van der Waals surface area contributed by atoms with E-state index in [4.69, 9.17) is 10.9 Å². The third-order valence-electron chi connectivity index (χ3n) is 2.89. The number of amides is 1. The fourth-order valence-electron chi connectivity index (χ4n) is 1.68. The largest absolute Gasteiger partial charge is 0.409 e. The van der Waals surface area contributed by atoms with Crippen LogP contribution >= 0.6 is 15.9 Å². The molecule has 0 radical (unpaired) electrons. The van der Waals surface area contributed by atoms with Crippen molar-refractivity contribution in [3.05, 3.63) is 34.3 Å². The van der Waals surface area contributed by atoms with Gasteiger partial charge in [-0.1, -0.05) is 24.2 Å². The Morgan fingerprint density at radius 2 is 2.16 bits per heavy atom. The van der Waals surface area contributed by atoms with E-state index in [9.17, 15) is 4.79 Å². The Balaban J connectivity index is 2.86. The molecule has 0 aliphatic rings. The van der Waals surface area contributed by atoms with Crippen molar-refractivity contribution in [2.24, 2.45) is 16.8 Å². The van der Waals surface area contributed by atoms with E-state index in [-0.39, 0.29) is 17.7 Å². The average molecular weight is 328 g/mol. The number of carbonyl (C=O) groups excluding carboxylic acids is 1. The summed E-state index contributed by atoms with van der Waals surface area (Å²) >= 11 is 3.37. The number of hydrogen-bond donors (Lipinski definition) is 2. The van der Waals surface area contributed by atoms with Gasteiger partial charge in [-0.05, 0) is 35.0 Å². The van der Waals surface area contributed by atoms with Gasteiger partial charge in [0.25, 0.3) is 5.91 Å². The van der Waals surface area contributed by atoms with Gasteiger partial charge in [0.15, 0.2) is 0 Å². The Kier molecular flexibility index (Phi) is 5.82. The van der Waals surface area contributed by atoms with Crippen LogP contribution in [0, 0.1) is 5.92 Å². The minimum Gasteiger partial charge on any atom is -0.409 e. The molecular formula is C13H18BrN3O2. The Morgan fingerprint density at radius 3 is 2.68 bits per heavy atom. The highest BCUT2D eigenvalue weighted by molar-refractivity contribution is 9.10. The summed E-state index contributed by atoms with van der Waals surface area (Å²) < 4.78 is 0.759. The smallest absolute Gasteiger partial charge is 0.255 e. The van der Waals surface area contributed by atoms with Crippen LogP contribution in [0.25, 0.3) is 0 Å². The number of halogens is 1. The first-order chi connectivity index (χ1) is 9.01. The van der Waals surface area contributed by atoms with Gasteiger partial charge >= 0.3 is 0 Å². The Bertz CT molecular complexity index is 477. The van der Waals surface area contributed by atoms with Crippen LogP contribution in [-0.4, -0.2) is 34.9 Å². The molecule has 6 heteroatoms. The molecule has 0 spiro atoms. The van der Waals surface area contributed by atoms with Crippen LogP contribution in [0.2, 0.25) is 0 Å². The molecular weight excluding hydrogens is 310 g/mol. The van der Waals surface area contributed by atoms with Crippen molar-refractivity contribution in [1.82, 2.24) is 4.90 Å². The lowest BCUT2D eigenvalue weighted by molar-refractivity contribution is 0.0753. The van der Waals surface area contributed by atoms with Crippen LogP contribution < -0.4 is 5.73 Å². The minimum absolute atomic E-state index is 0.0763. The summed E-state index contributed by atoms with van der Waals surface area (Å²) in [6.45, 7) is 4.68. The molecule has 0 heterocycles. The van der Waals surface area contributed by atoms with Crippen LogP contribution in [0.3, 0.4) is 0 Å². The SMILES string of the molecule is CCN(CC(C)C(N)=NO)C(=O)c1ccccc1Br. The van der Waals surface area contributed by atoms with Gasteiger partial charge in [0.05, 0.1) is 5.56 Å². The van der Waals surface area contributed by atoms with Gasteiger partial charge in [0, 0.05) is 23.5 Å². The summed E-state index contributed by atoms with van der Waals surface area (Å²) in [7, 11) is 0. The van der Waals surface area contributed by atoms with E-state index >= 15 is 0 Å². The summed E-state index contributed by atoms with van der Waals surface area (Å²) in [5.74, 6) is -0.151. The number of carbonyl (C=O) groups is 1. The number of hydrogen-bond acceptors (Lipinski definition) is 3. The molecule has 1 aromatic rings. The van der Waals surface area contributed by atoms with E-state index in [1.165, 1.54) is 0 Å². The number of nitrogens with two attached hydrogens (primary N) is 1. The number of amidine groups is 1. The van der Waals surface area contributed by atoms with Crippen LogP contribution in [0.5, 0.6) is 0 Å². The fourth-order valence-corrected chi connectivity index (χ4v) is 2.14. The molecule has 0 saturated carbocycles. The van der Waals surface area contributed by atoms with Gasteiger partial charge in [-0.3, -0.25) is 4.79 Å². The Labute approximate surface area is 121 Å². The summed E-state index contributed by atoms with van der Waals surface area (Å²) in [5.41, 5.74) is 6.15. The number of nitrogens with zero attached hydrogens (tertiary/aromatic N) is 2. The second-order valence-corrected chi connectivity index (χ2v) is 5.10. The monoisotopic (exact) mass is 327 g/mol. The Morgan fingerprint density at radius 1 is 1.53 bits per heavy atom. The van der Waals surface area contributed by atoms with Gasteiger partial charge < -0.3 is 15.8 Å². The zero-order chi connectivity index (χ0) is 14.4. The quantitative estimate of drug-likeness (QED) is 0.377. The first-order valence-corrected chi connectivity index (χ1v) is 6.81. The zero-order valence-corrected chi connectivity index (χ0v) is 12.6. The highest BCUT2D eigenvalue weighted by Crippen LogP contribution is 2.18. The maximum absolute atomic E-state index is 12.4. The summed E-state index contributed by atoms with van der Waals surface area (Å²) in [5, 5.41) is 11.6. The van der Waals surface area contributed by atoms with Gasteiger partial charge in [0.1, 0.15) is 5.84 Å². The molecule has 0 bridgehead atoms. The molecule has 0 fully saturated rings. The van der Waals surface area contributed by atoms with Crippen LogP contribution in [-0.2, 0) is 0 Å². The number of rotatable bonds is 5. The summed E-state index contributed by atoms with van der Waals surface area (Å²) in [6, 6.07) is 7.27. The van der Waals surface area contributed by atoms with E-state index in [1.54, 1.807) is 11.0 Å². The van der Waals surface area contributed by atoms with Crippen molar-refractivity contribution >= 4 is 27.7 Å². The normalized spacial score (nSPS) is 13.1. The van der Waals surface area contributed by atoms with E-state index < -0.39 is 0 Å². The molecule has 1 rings (SSSR count). The second-order valence-electron chi connectivity index (χ2n) is 4.25. The first kappa shape index (κ1) is 15.5. The molecule has 1 amide bonds. The molecule has 1 atom stereocenters. The van der Waals surface area contributed by atoms with E-state index in [2.05, 4.69) is 21.1 Å². The van der Waals surface area contributed by atoms with Crippen molar-refractivity contribution in [2.75, 3.05) is 13.1 Å². The maximum Gasteiger partial charge on any atom is 0.255 e. The lowest BCUT2D eigenvalue weighted by Crippen LogP contribution is -2.38. The van der Waals surface area contributed by atoms with Crippen molar-refractivity contribution in [3.8, 4) is 0 Å². The topological polar surface area (TPSA) is 78.9 Å². The van der Waals surface area contributed by atoms with Crippen LogP contribution in [0.15, 0.2) is 33.9 Å². The van der Waals surface area contributed by atoms with Crippen molar-refractivity contribution in [2.45, 2.75) is 13.8 Å². The van der Waals surface area contributed by atoms with E-state index in [0.29, 0.717) is 18.7 Å². The maximum atomic E-state index is 12.4. The fraction of sp³-hybridized carbons (Fsp3) is 0.385. The Hall–Kier alpha value is -1.56. The molecule has 1 unspecified atom stereocenters. The van der Waals surface area contributed by atoms with Crippen LogP contribution in [0.1, 0.15) is 24.2 Å². The van der Waals surface area contributed by atoms with Gasteiger partial charge in [0.2, 0.25) is 0 Å². The summed E-state index contributed by atoms with van der Waals surface area (Å²) in [4.78, 5) is 14.1. The van der Waals surface area contributed by atoms with Crippen molar-refractivity contribution in [1.29, 1.82) is 0 Å². The lowest BCUT2D eigenvalue weighted by atomic mass is 10.1. The highest BCUT2D eigenvalue weighted by atomic mass is 79.9. The standard InChI is InChI=1S/C13H18BrN3O2/c1-3-17(8-9(2)12(15)16-19)13(18)10-6-4-5-7-11(10)14/h4-7,9,19H,3,8H2,1-2H3,(H2,15,16). The first-order valence-electron chi connectivity index (χ1n) is 6.02. The number of oxime groups is 1. The van der Waals surface area contributed by atoms with E-state index in [1.807, 2.05) is 32.0 Å². The highest BCUT2D eigenvalue weighted by Gasteiger charge is 2.20. The zero-order valence-electron chi connectivity index (χ0n) is 11.0. The van der Waals surface area contributed by atoms with Gasteiger partial charge in [-0.25, -0.2) is 0 Å². The van der Waals surface area contributed by atoms with Gasteiger partial charge in [-0.15, -0.1) is 0 Å². The minimum atomic E-state index is -0.198. The van der Waals surface area contributed by atoms with Crippen LogP contribution in [0.4, 0.5) is 0 Å². The molecule has 0 aliphatic carbocycles. The third kappa shape index (κ3) is 3.96. The van der Waals surface area contributed by atoms with Crippen molar-refractivity contribution < 1.29 is 10.0 Å². The molecule has 3 N–H and O–H groups in total. The predicted octanol–water partition coefficient (Wildman–Crippen LogP) is 2.29. The lowest BCUT2D eigenvalue weighted by Gasteiger charge is -2.24. The molecule has 0 aliphatic heterocycles. The summed E-state index contributed by atoms with van der Waals surface area (Å²) in [6.07, 6.45) is 0. The third-order valence-corrected chi connectivity index (χ3v) is 3.58. The molecule has 0 saturated heterocycles. The molecule has 104 valence electrons. The molecule has 5 nitrogen and oxygen atoms in total. The average Bonchev–Trinajstić information content (AvgIpc) is 2.43. The molecule has 0 aromatic heterocycles. The van der Waals surface area contributed by atoms with Crippen molar-refractivity contribution in [3.63, 3.8) is 0 Å².